The molecule has 1 amide bonds. The van der Waals surface area contributed by atoms with Crippen LogP contribution in [0.2, 0.25) is 0 Å². The molecule has 1 aliphatic heterocycles. The van der Waals surface area contributed by atoms with Crippen molar-refractivity contribution in [2.45, 2.75) is 0 Å². The fourth-order valence-corrected chi connectivity index (χ4v) is 4.28. The van der Waals surface area contributed by atoms with Crippen LogP contribution in [-0.4, -0.2) is 47.2 Å². The zero-order valence-corrected chi connectivity index (χ0v) is 19.9. The van der Waals surface area contributed by atoms with Gasteiger partial charge in [-0.15, -0.1) is 0 Å². The zero-order valence-electron chi connectivity index (χ0n) is 19.9. The summed E-state index contributed by atoms with van der Waals surface area (Å²) in [5.74, 6) is 0.0837. The summed E-state index contributed by atoms with van der Waals surface area (Å²) in [6.45, 7) is 2.70. The van der Waals surface area contributed by atoms with Crippen molar-refractivity contribution in [2.24, 2.45) is 0 Å². The Labute approximate surface area is 212 Å². The molecule has 9 heteroatoms. The molecule has 0 saturated carbocycles. The van der Waals surface area contributed by atoms with E-state index >= 15 is 0 Å². The second kappa shape index (κ2) is 9.71. The highest BCUT2D eigenvalue weighted by Crippen LogP contribution is 2.34. The van der Waals surface area contributed by atoms with Gasteiger partial charge in [-0.1, -0.05) is 36.4 Å². The molecule has 0 spiro atoms. The molecule has 3 aromatic heterocycles. The highest BCUT2D eigenvalue weighted by atomic mass is 16.5. The third-order valence-corrected chi connectivity index (χ3v) is 6.19. The van der Waals surface area contributed by atoms with Crippen LogP contribution in [0.15, 0.2) is 83.4 Å². The third-order valence-electron chi connectivity index (χ3n) is 6.19. The number of ether oxygens (including phenoxy) is 1. The predicted octanol–water partition coefficient (Wildman–Crippen LogP) is 4.62. The fourth-order valence-electron chi connectivity index (χ4n) is 4.28. The lowest BCUT2D eigenvalue weighted by Crippen LogP contribution is -2.36. The monoisotopic (exact) mass is 492 g/mol. The van der Waals surface area contributed by atoms with Crippen molar-refractivity contribution in [1.29, 1.82) is 0 Å². The van der Waals surface area contributed by atoms with Crippen LogP contribution < -0.4 is 16.0 Å². The number of rotatable bonds is 5. The summed E-state index contributed by atoms with van der Waals surface area (Å²) >= 11 is 0. The highest BCUT2D eigenvalue weighted by molar-refractivity contribution is 6.07. The first-order valence-electron chi connectivity index (χ1n) is 12.0. The molecule has 37 heavy (non-hydrogen) atoms. The molecule has 2 aromatic carbocycles. The number of hydrogen-bond donors (Lipinski definition) is 2. The molecule has 5 aromatic rings. The van der Waals surface area contributed by atoms with Crippen LogP contribution in [0.5, 0.6) is 0 Å². The smallest absolute Gasteiger partial charge is 0.298 e. The summed E-state index contributed by atoms with van der Waals surface area (Å²) in [4.78, 5) is 28.8. The number of hydrogen-bond acceptors (Lipinski definition) is 8. The number of aromatic nitrogens is 3. The lowest BCUT2D eigenvalue weighted by molar-refractivity contribution is 0.102. The lowest BCUT2D eigenvalue weighted by atomic mass is 10.0. The van der Waals surface area contributed by atoms with E-state index in [9.17, 15) is 4.79 Å². The molecule has 9 nitrogen and oxygen atoms in total. The molecule has 1 saturated heterocycles. The van der Waals surface area contributed by atoms with E-state index in [1.54, 1.807) is 24.4 Å². The number of carbonyl (C=O) groups excluding carboxylic acids is 1. The van der Waals surface area contributed by atoms with Gasteiger partial charge in [0.25, 0.3) is 11.9 Å². The number of nitrogens with one attached hydrogen (secondary N) is 1. The van der Waals surface area contributed by atoms with Crippen molar-refractivity contribution in [3.63, 3.8) is 0 Å². The molecule has 1 aliphatic rings. The van der Waals surface area contributed by atoms with Crippen molar-refractivity contribution >= 4 is 34.5 Å². The number of oxazole rings is 1. The van der Waals surface area contributed by atoms with Gasteiger partial charge in [0.2, 0.25) is 0 Å². The first kappa shape index (κ1) is 22.7. The number of carbonyl (C=O) groups is 1. The van der Waals surface area contributed by atoms with Crippen LogP contribution in [0.25, 0.3) is 33.5 Å². The van der Waals surface area contributed by atoms with Gasteiger partial charge in [-0.05, 0) is 35.9 Å². The van der Waals surface area contributed by atoms with E-state index in [1.165, 1.54) is 0 Å². The van der Waals surface area contributed by atoms with Gasteiger partial charge in [0.05, 0.1) is 24.6 Å². The average molecular weight is 493 g/mol. The van der Waals surface area contributed by atoms with Crippen LogP contribution in [0.1, 0.15) is 10.5 Å². The van der Waals surface area contributed by atoms with Gasteiger partial charge in [0.15, 0.2) is 5.58 Å². The molecular formula is C28H24N6O3. The SMILES string of the molecule is Nc1ccc(-c2cccc(C(=O)Nc3cc4oc(N5CCOCC5)nc4cc3-c3ccccc3)n2)cn1. The number of amides is 1. The van der Waals surface area contributed by atoms with E-state index in [4.69, 9.17) is 19.9 Å². The predicted molar refractivity (Wildman–Crippen MR) is 142 cm³/mol. The maximum atomic E-state index is 13.3. The Balaban J connectivity index is 1.36. The largest absolute Gasteiger partial charge is 0.423 e. The molecule has 0 atom stereocenters. The second-order valence-electron chi connectivity index (χ2n) is 8.66. The summed E-state index contributed by atoms with van der Waals surface area (Å²) in [7, 11) is 0. The molecule has 0 unspecified atom stereocenters. The number of anilines is 3. The van der Waals surface area contributed by atoms with Gasteiger partial charge in [-0.2, -0.15) is 4.98 Å². The Bertz CT molecular complexity index is 1560. The molecule has 1 fully saturated rings. The zero-order chi connectivity index (χ0) is 25.2. The van der Waals surface area contributed by atoms with Crippen molar-refractivity contribution in [1.82, 2.24) is 15.0 Å². The maximum absolute atomic E-state index is 13.3. The van der Waals surface area contributed by atoms with E-state index in [0.717, 1.165) is 16.7 Å². The van der Waals surface area contributed by atoms with Gasteiger partial charge in [-0.3, -0.25) is 4.79 Å². The Hall–Kier alpha value is -4.76. The number of morpholine rings is 1. The maximum Gasteiger partial charge on any atom is 0.298 e. The summed E-state index contributed by atoms with van der Waals surface area (Å²) in [5, 5.41) is 3.04. The highest BCUT2D eigenvalue weighted by Gasteiger charge is 2.20. The topological polar surface area (TPSA) is 119 Å². The van der Waals surface area contributed by atoms with Crippen LogP contribution in [-0.2, 0) is 4.74 Å². The van der Waals surface area contributed by atoms with E-state index in [1.807, 2.05) is 54.6 Å². The summed E-state index contributed by atoms with van der Waals surface area (Å²) in [6.07, 6.45) is 1.64. The minimum Gasteiger partial charge on any atom is -0.423 e. The molecule has 6 rings (SSSR count). The molecule has 184 valence electrons. The van der Waals surface area contributed by atoms with Crippen LogP contribution in [0, 0.1) is 0 Å². The van der Waals surface area contributed by atoms with E-state index in [-0.39, 0.29) is 11.6 Å². The summed E-state index contributed by atoms with van der Waals surface area (Å²) in [5.41, 5.74) is 11.1. The minimum absolute atomic E-state index is 0.278. The normalized spacial score (nSPS) is 13.6. The van der Waals surface area contributed by atoms with Crippen molar-refractivity contribution in [3.05, 3.63) is 84.7 Å². The Kier molecular flexibility index (Phi) is 5.95. The Morgan fingerprint density at radius 1 is 0.919 bits per heavy atom. The molecule has 3 N–H and O–H groups in total. The van der Waals surface area contributed by atoms with Crippen molar-refractivity contribution < 1.29 is 13.9 Å². The Morgan fingerprint density at radius 3 is 2.54 bits per heavy atom. The van der Waals surface area contributed by atoms with Crippen molar-refractivity contribution in [3.8, 4) is 22.4 Å². The standard InChI is InChI=1S/C28H24N6O3/c29-26-10-9-19(17-30-26)21-7-4-8-22(31-21)27(35)32-23-16-25-24(15-20(23)18-5-2-1-3-6-18)33-28(37-25)34-11-13-36-14-12-34/h1-10,15-17H,11-14H2,(H2,29,30)(H,32,35). The molecule has 0 bridgehead atoms. The molecule has 4 heterocycles. The first-order valence-corrected chi connectivity index (χ1v) is 12.0. The van der Waals surface area contributed by atoms with E-state index in [2.05, 4.69) is 20.2 Å². The Morgan fingerprint density at radius 2 is 1.76 bits per heavy atom. The van der Waals surface area contributed by atoms with Crippen LogP contribution >= 0.6 is 0 Å². The first-order chi connectivity index (χ1) is 18.1. The summed E-state index contributed by atoms with van der Waals surface area (Å²) in [6, 6.07) is 23.0. The summed E-state index contributed by atoms with van der Waals surface area (Å²) < 4.78 is 11.5. The van der Waals surface area contributed by atoms with E-state index < -0.39 is 0 Å². The van der Waals surface area contributed by atoms with Gasteiger partial charge in [0.1, 0.15) is 17.0 Å². The number of nitrogen functional groups attached to an aromatic ring is 1. The molecular weight excluding hydrogens is 468 g/mol. The quantitative estimate of drug-likeness (QED) is 0.365. The number of pyridine rings is 2. The number of benzene rings is 2. The molecule has 0 aliphatic carbocycles. The van der Waals surface area contributed by atoms with Gasteiger partial charge in [0, 0.05) is 36.5 Å². The number of nitrogens with zero attached hydrogens (tertiary/aromatic N) is 4. The van der Waals surface area contributed by atoms with E-state index in [0.29, 0.717) is 60.6 Å². The lowest BCUT2D eigenvalue weighted by Gasteiger charge is -2.24. The van der Waals surface area contributed by atoms with Crippen LogP contribution in [0.4, 0.5) is 17.5 Å². The number of nitrogens with two attached hydrogens (primary N) is 1. The van der Waals surface area contributed by atoms with Gasteiger partial charge >= 0.3 is 0 Å². The second-order valence-corrected chi connectivity index (χ2v) is 8.66. The van der Waals surface area contributed by atoms with Crippen molar-refractivity contribution in [2.75, 3.05) is 42.3 Å². The average Bonchev–Trinajstić information content (AvgIpc) is 3.37. The number of fused-ring (bicyclic) bond motifs is 1. The molecule has 0 radical (unpaired) electrons. The third kappa shape index (κ3) is 4.72. The van der Waals surface area contributed by atoms with Gasteiger partial charge in [-0.25, -0.2) is 9.97 Å². The van der Waals surface area contributed by atoms with Gasteiger partial charge < -0.3 is 25.1 Å². The minimum atomic E-state index is -0.338. The fraction of sp³-hybridized carbons (Fsp3) is 0.143. The van der Waals surface area contributed by atoms with Crippen LogP contribution in [0.3, 0.4) is 0 Å².